The molecule has 8 nitrogen and oxygen atoms in total. The summed E-state index contributed by atoms with van der Waals surface area (Å²) < 4.78 is 16.6. The van der Waals surface area contributed by atoms with Crippen molar-refractivity contribution in [2.45, 2.75) is 26.7 Å². The van der Waals surface area contributed by atoms with Crippen LogP contribution in [-0.2, 0) is 9.53 Å². The minimum absolute atomic E-state index is 0.205. The smallest absolute Gasteiger partial charge is 0.338 e. The molecule has 0 radical (unpaired) electrons. The van der Waals surface area contributed by atoms with Crippen molar-refractivity contribution in [1.29, 1.82) is 0 Å². The zero-order chi connectivity index (χ0) is 22.8. The maximum atomic E-state index is 12.5. The fourth-order valence-electron chi connectivity index (χ4n) is 3.38. The number of aromatic nitrogens is 1. The first-order valence-corrected chi connectivity index (χ1v) is 11.1. The Morgan fingerprint density at radius 2 is 1.81 bits per heavy atom. The molecule has 0 aliphatic carbocycles. The fraction of sp³-hybridized carbons (Fsp3) is 0.458. The van der Waals surface area contributed by atoms with Gasteiger partial charge in [-0.15, -0.1) is 0 Å². The highest BCUT2D eigenvalue weighted by Gasteiger charge is 2.23. The number of nitrogens with zero attached hydrogens (tertiary/aromatic N) is 3. The third-order valence-corrected chi connectivity index (χ3v) is 5.17. The molecule has 8 heteroatoms. The van der Waals surface area contributed by atoms with E-state index in [0.29, 0.717) is 56.5 Å². The van der Waals surface area contributed by atoms with Crippen molar-refractivity contribution in [3.05, 3.63) is 48.2 Å². The minimum Gasteiger partial charge on any atom is -0.490 e. The van der Waals surface area contributed by atoms with E-state index in [9.17, 15) is 9.59 Å². The molecule has 1 saturated heterocycles. The first-order valence-electron chi connectivity index (χ1n) is 11.1. The van der Waals surface area contributed by atoms with Crippen molar-refractivity contribution in [3.63, 3.8) is 0 Å². The second kappa shape index (κ2) is 11.9. The van der Waals surface area contributed by atoms with Gasteiger partial charge in [-0.05, 0) is 43.7 Å². The number of benzene rings is 1. The lowest BCUT2D eigenvalue weighted by Crippen LogP contribution is -2.50. The van der Waals surface area contributed by atoms with Crippen molar-refractivity contribution in [1.82, 2.24) is 9.88 Å². The predicted octanol–water partition coefficient (Wildman–Crippen LogP) is 3.16. The summed E-state index contributed by atoms with van der Waals surface area (Å²) in [6.07, 6.45) is 3.72. The summed E-state index contributed by atoms with van der Waals surface area (Å²) in [4.78, 5) is 33.2. The van der Waals surface area contributed by atoms with Gasteiger partial charge in [-0.1, -0.05) is 19.4 Å². The lowest BCUT2D eigenvalue weighted by atomic mass is 10.2. The van der Waals surface area contributed by atoms with Gasteiger partial charge in [0.2, 0.25) is 0 Å². The van der Waals surface area contributed by atoms with Crippen molar-refractivity contribution in [3.8, 4) is 11.5 Å². The molecule has 1 fully saturated rings. The number of esters is 1. The monoisotopic (exact) mass is 441 g/mol. The van der Waals surface area contributed by atoms with Crippen LogP contribution in [0, 0.1) is 0 Å². The summed E-state index contributed by atoms with van der Waals surface area (Å²) in [6.45, 7) is 7.20. The van der Waals surface area contributed by atoms with Crippen LogP contribution in [-0.4, -0.2) is 67.8 Å². The number of carbonyl (C=O) groups excluding carboxylic acids is 2. The Hall–Kier alpha value is -3.29. The van der Waals surface area contributed by atoms with E-state index in [-0.39, 0.29) is 12.5 Å². The lowest BCUT2D eigenvalue weighted by Gasteiger charge is -2.35. The molecule has 172 valence electrons. The van der Waals surface area contributed by atoms with Crippen molar-refractivity contribution < 1.29 is 23.8 Å². The Bertz CT molecular complexity index is 882. The fourth-order valence-corrected chi connectivity index (χ4v) is 3.38. The minimum atomic E-state index is -0.563. The van der Waals surface area contributed by atoms with E-state index in [4.69, 9.17) is 14.2 Å². The lowest BCUT2D eigenvalue weighted by molar-refractivity contribution is -0.134. The molecule has 3 rings (SSSR count). The van der Waals surface area contributed by atoms with Crippen LogP contribution in [0.15, 0.2) is 42.6 Å². The molecule has 2 aromatic rings. The van der Waals surface area contributed by atoms with Gasteiger partial charge < -0.3 is 24.0 Å². The van der Waals surface area contributed by atoms with Gasteiger partial charge in [0.05, 0.1) is 18.8 Å². The van der Waals surface area contributed by atoms with E-state index in [2.05, 4.69) is 16.8 Å². The van der Waals surface area contributed by atoms with Gasteiger partial charge in [-0.25, -0.2) is 9.78 Å². The number of pyridine rings is 1. The van der Waals surface area contributed by atoms with Crippen LogP contribution in [0.5, 0.6) is 11.5 Å². The number of hydrogen-bond donors (Lipinski definition) is 0. The van der Waals surface area contributed by atoms with Crippen molar-refractivity contribution in [2.24, 2.45) is 0 Å². The van der Waals surface area contributed by atoms with E-state index < -0.39 is 5.97 Å². The predicted molar refractivity (Wildman–Crippen MR) is 121 cm³/mol. The summed E-state index contributed by atoms with van der Waals surface area (Å²) >= 11 is 0. The number of anilines is 1. The Morgan fingerprint density at radius 3 is 2.50 bits per heavy atom. The van der Waals surface area contributed by atoms with E-state index in [1.807, 2.05) is 25.1 Å². The molecule has 0 spiro atoms. The average Bonchev–Trinajstić information content (AvgIpc) is 2.84. The van der Waals surface area contributed by atoms with Gasteiger partial charge in [0.25, 0.3) is 5.91 Å². The molecule has 1 aliphatic heterocycles. The number of hydrogen-bond acceptors (Lipinski definition) is 7. The molecule has 0 atom stereocenters. The zero-order valence-electron chi connectivity index (χ0n) is 18.8. The van der Waals surface area contributed by atoms with Gasteiger partial charge >= 0.3 is 5.97 Å². The molecule has 0 saturated carbocycles. The highest BCUT2D eigenvalue weighted by Crippen LogP contribution is 2.29. The molecule has 2 heterocycles. The largest absolute Gasteiger partial charge is 0.490 e. The number of unbranched alkanes of at least 4 members (excludes halogenated alkanes) is 1. The summed E-state index contributed by atoms with van der Waals surface area (Å²) in [6, 6.07) is 10.7. The molecule has 1 aromatic carbocycles. The number of ether oxygens (including phenoxy) is 3. The number of piperazine rings is 1. The van der Waals surface area contributed by atoms with Crippen molar-refractivity contribution in [2.75, 3.05) is 50.9 Å². The molecular weight excluding hydrogens is 410 g/mol. The Balaban J connectivity index is 1.50. The van der Waals surface area contributed by atoms with Crippen LogP contribution >= 0.6 is 0 Å². The number of rotatable bonds is 10. The Morgan fingerprint density at radius 1 is 1.00 bits per heavy atom. The average molecular weight is 442 g/mol. The molecule has 0 bridgehead atoms. The van der Waals surface area contributed by atoms with E-state index in [1.54, 1.807) is 29.3 Å². The quantitative estimate of drug-likeness (QED) is 0.414. The molecular formula is C24H31N3O5. The van der Waals surface area contributed by atoms with Gasteiger partial charge in [-0.2, -0.15) is 0 Å². The molecule has 1 aliphatic rings. The normalized spacial score (nSPS) is 13.6. The summed E-state index contributed by atoms with van der Waals surface area (Å²) in [5.74, 6) is 1.22. The first-order chi connectivity index (χ1) is 15.6. The topological polar surface area (TPSA) is 81.2 Å². The van der Waals surface area contributed by atoms with Gasteiger partial charge in [0.1, 0.15) is 5.82 Å². The molecule has 32 heavy (non-hydrogen) atoms. The second-order valence-electron chi connectivity index (χ2n) is 7.43. The molecule has 1 amide bonds. The SMILES string of the molecule is CCCCOc1ccc(C(=O)OCC(=O)N2CCN(c3ccccn3)CC2)cc1OCC. The van der Waals surface area contributed by atoms with E-state index in [0.717, 1.165) is 18.7 Å². The molecule has 1 aromatic heterocycles. The highest BCUT2D eigenvalue weighted by atomic mass is 16.5. The maximum Gasteiger partial charge on any atom is 0.338 e. The van der Waals surface area contributed by atoms with E-state index in [1.165, 1.54) is 0 Å². The summed E-state index contributed by atoms with van der Waals surface area (Å²) in [7, 11) is 0. The van der Waals surface area contributed by atoms with E-state index >= 15 is 0 Å². The summed E-state index contributed by atoms with van der Waals surface area (Å²) in [5.41, 5.74) is 0.323. The van der Waals surface area contributed by atoms with Crippen LogP contribution in [0.4, 0.5) is 5.82 Å². The number of carbonyl (C=O) groups is 2. The Kier molecular flexibility index (Phi) is 8.71. The third-order valence-electron chi connectivity index (χ3n) is 5.17. The standard InChI is InChI=1S/C24H31N3O5/c1-3-5-16-31-20-10-9-19(17-21(20)30-4-2)24(29)32-18-23(28)27-14-12-26(13-15-27)22-8-6-7-11-25-22/h6-11,17H,3-5,12-16,18H2,1-2H3. The van der Waals surface area contributed by atoms with Crippen LogP contribution in [0.3, 0.4) is 0 Å². The van der Waals surface area contributed by atoms with Gasteiger partial charge in [-0.3, -0.25) is 4.79 Å². The van der Waals surface area contributed by atoms with Crippen LogP contribution < -0.4 is 14.4 Å². The van der Waals surface area contributed by atoms with Gasteiger partial charge in [0, 0.05) is 32.4 Å². The highest BCUT2D eigenvalue weighted by molar-refractivity contribution is 5.92. The van der Waals surface area contributed by atoms with Crippen LogP contribution in [0.1, 0.15) is 37.0 Å². The first kappa shape index (κ1) is 23.4. The van der Waals surface area contributed by atoms with Crippen LogP contribution in [0.2, 0.25) is 0 Å². The Labute approximate surface area is 189 Å². The summed E-state index contributed by atoms with van der Waals surface area (Å²) in [5, 5.41) is 0. The van der Waals surface area contributed by atoms with Gasteiger partial charge in [0.15, 0.2) is 18.1 Å². The zero-order valence-corrected chi connectivity index (χ0v) is 18.8. The van der Waals surface area contributed by atoms with Crippen molar-refractivity contribution >= 4 is 17.7 Å². The van der Waals surface area contributed by atoms with Crippen LogP contribution in [0.25, 0.3) is 0 Å². The number of amides is 1. The molecule has 0 N–H and O–H groups in total. The second-order valence-corrected chi connectivity index (χ2v) is 7.43. The maximum absolute atomic E-state index is 12.5. The molecule has 0 unspecified atom stereocenters. The third kappa shape index (κ3) is 6.35.